The Kier molecular flexibility index (Phi) is 7.55. The molecule has 0 heterocycles. The standard InChI is InChI=1S/C16H14Cl2F2N2S2/c17-11-5-4-10(12(18)8-11)9-24-7-6-21-16(23)22-15-13(19)2-1-3-14(15)20/h1-5,8H,6-7,9H2,(H2,21,22,23). The van der Waals surface area contributed by atoms with Gasteiger partial charge in [0.15, 0.2) is 5.11 Å². The molecule has 8 heteroatoms. The van der Waals surface area contributed by atoms with Crippen LogP contribution in [0.4, 0.5) is 14.5 Å². The van der Waals surface area contributed by atoms with Crippen LogP contribution >= 0.6 is 47.2 Å². The largest absolute Gasteiger partial charge is 0.362 e. The smallest absolute Gasteiger partial charge is 0.170 e. The zero-order chi connectivity index (χ0) is 17.5. The first kappa shape index (κ1) is 19.2. The average Bonchev–Trinajstić information content (AvgIpc) is 2.52. The molecule has 2 aromatic carbocycles. The molecule has 0 fully saturated rings. The zero-order valence-electron chi connectivity index (χ0n) is 12.4. The topological polar surface area (TPSA) is 24.1 Å². The van der Waals surface area contributed by atoms with Crippen molar-refractivity contribution in [2.75, 3.05) is 17.6 Å². The van der Waals surface area contributed by atoms with Crippen molar-refractivity contribution in [3.05, 3.63) is 63.6 Å². The molecule has 0 spiro atoms. The summed E-state index contributed by atoms with van der Waals surface area (Å²) in [6.45, 7) is 0.553. The highest BCUT2D eigenvalue weighted by Gasteiger charge is 2.09. The fraction of sp³-hybridized carbons (Fsp3) is 0.188. The van der Waals surface area contributed by atoms with E-state index in [4.69, 9.17) is 35.4 Å². The summed E-state index contributed by atoms with van der Waals surface area (Å²) in [5, 5.41) is 6.84. The molecule has 24 heavy (non-hydrogen) atoms. The van der Waals surface area contributed by atoms with Crippen LogP contribution < -0.4 is 10.6 Å². The van der Waals surface area contributed by atoms with Crippen molar-refractivity contribution < 1.29 is 8.78 Å². The minimum atomic E-state index is -0.689. The van der Waals surface area contributed by atoms with Crippen LogP contribution in [-0.2, 0) is 5.75 Å². The molecular formula is C16H14Cl2F2N2S2. The van der Waals surface area contributed by atoms with Gasteiger partial charge in [0.05, 0.1) is 0 Å². The molecule has 2 N–H and O–H groups in total. The maximum Gasteiger partial charge on any atom is 0.170 e. The quantitative estimate of drug-likeness (QED) is 0.489. The third-order valence-electron chi connectivity index (χ3n) is 3.01. The van der Waals surface area contributed by atoms with E-state index < -0.39 is 11.6 Å². The first-order valence-electron chi connectivity index (χ1n) is 6.98. The molecule has 0 atom stereocenters. The molecule has 0 aliphatic carbocycles. The summed E-state index contributed by atoms with van der Waals surface area (Å²) in [5.41, 5.74) is 0.746. The van der Waals surface area contributed by atoms with Gasteiger partial charge in [0.2, 0.25) is 0 Å². The normalized spacial score (nSPS) is 10.5. The Morgan fingerprint density at radius 1 is 1.12 bits per heavy atom. The van der Waals surface area contributed by atoms with Gasteiger partial charge < -0.3 is 10.6 Å². The predicted octanol–water partition coefficient (Wildman–Crippen LogP) is 5.49. The molecule has 0 amide bonds. The zero-order valence-corrected chi connectivity index (χ0v) is 15.6. The number of thiocarbonyl (C=S) groups is 1. The first-order valence-corrected chi connectivity index (χ1v) is 9.30. The highest BCUT2D eigenvalue weighted by molar-refractivity contribution is 7.98. The first-order chi connectivity index (χ1) is 11.5. The lowest BCUT2D eigenvalue weighted by atomic mass is 10.2. The number of thioether (sulfide) groups is 1. The van der Waals surface area contributed by atoms with Crippen molar-refractivity contribution in [1.29, 1.82) is 0 Å². The predicted molar refractivity (Wildman–Crippen MR) is 103 cm³/mol. The van der Waals surface area contributed by atoms with Crippen LogP contribution in [0.2, 0.25) is 10.0 Å². The second-order valence-electron chi connectivity index (χ2n) is 4.77. The van der Waals surface area contributed by atoms with Crippen molar-refractivity contribution in [2.45, 2.75) is 5.75 Å². The molecule has 2 nitrogen and oxygen atoms in total. The number of rotatable bonds is 6. The second-order valence-corrected chi connectivity index (χ2v) is 7.12. The molecular weight excluding hydrogens is 393 g/mol. The molecule has 0 aliphatic rings. The molecule has 0 unspecified atom stereocenters. The van der Waals surface area contributed by atoms with Crippen LogP contribution in [0, 0.1) is 11.6 Å². The van der Waals surface area contributed by atoms with E-state index in [0.717, 1.165) is 17.1 Å². The Labute approximate surface area is 158 Å². The third kappa shape index (κ3) is 5.77. The van der Waals surface area contributed by atoms with Gasteiger partial charge in [0, 0.05) is 28.1 Å². The van der Waals surface area contributed by atoms with Gasteiger partial charge in [-0.3, -0.25) is 0 Å². The number of para-hydroxylation sites is 1. The molecule has 0 saturated carbocycles. The van der Waals surface area contributed by atoms with Crippen molar-refractivity contribution in [2.24, 2.45) is 0 Å². The van der Waals surface area contributed by atoms with E-state index in [-0.39, 0.29) is 10.8 Å². The second kappa shape index (κ2) is 9.42. The van der Waals surface area contributed by atoms with Crippen LogP contribution in [-0.4, -0.2) is 17.4 Å². The number of anilines is 1. The fourth-order valence-corrected chi connectivity index (χ4v) is 3.45. The Morgan fingerprint density at radius 2 is 1.83 bits per heavy atom. The molecule has 0 bridgehead atoms. The average molecular weight is 407 g/mol. The lowest BCUT2D eigenvalue weighted by Crippen LogP contribution is -2.31. The molecule has 2 aromatic rings. The Morgan fingerprint density at radius 3 is 2.50 bits per heavy atom. The Bertz CT molecular complexity index is 709. The lowest BCUT2D eigenvalue weighted by molar-refractivity contribution is 0.591. The minimum absolute atomic E-state index is 0.170. The van der Waals surface area contributed by atoms with Crippen LogP contribution in [0.3, 0.4) is 0 Å². The molecule has 2 rings (SSSR count). The SMILES string of the molecule is Fc1cccc(F)c1NC(=S)NCCSCc1ccc(Cl)cc1Cl. The Hall–Kier alpha value is -1.08. The lowest BCUT2D eigenvalue weighted by Gasteiger charge is -2.12. The van der Waals surface area contributed by atoms with E-state index in [2.05, 4.69) is 10.6 Å². The summed E-state index contributed by atoms with van der Waals surface area (Å²) in [6, 6.07) is 9.02. The summed E-state index contributed by atoms with van der Waals surface area (Å²) in [4.78, 5) is 0. The fourth-order valence-electron chi connectivity index (χ4n) is 1.83. The van der Waals surface area contributed by atoms with Crippen LogP contribution in [0.1, 0.15) is 5.56 Å². The highest BCUT2D eigenvalue weighted by atomic mass is 35.5. The monoisotopic (exact) mass is 406 g/mol. The van der Waals surface area contributed by atoms with Gasteiger partial charge in [-0.25, -0.2) is 8.78 Å². The van der Waals surface area contributed by atoms with Crippen molar-refractivity contribution in [1.82, 2.24) is 5.32 Å². The maximum atomic E-state index is 13.5. The van der Waals surface area contributed by atoms with E-state index in [1.54, 1.807) is 23.9 Å². The maximum absolute atomic E-state index is 13.5. The third-order valence-corrected chi connectivity index (χ3v) is 4.85. The number of benzene rings is 2. The van der Waals surface area contributed by atoms with Crippen LogP contribution in [0.25, 0.3) is 0 Å². The van der Waals surface area contributed by atoms with E-state index in [1.165, 1.54) is 18.2 Å². The summed E-state index contributed by atoms with van der Waals surface area (Å²) in [6.07, 6.45) is 0. The number of hydrogen-bond donors (Lipinski definition) is 2. The van der Waals surface area contributed by atoms with Gasteiger partial charge in [-0.15, -0.1) is 0 Å². The van der Waals surface area contributed by atoms with E-state index >= 15 is 0 Å². The summed E-state index contributed by atoms with van der Waals surface area (Å²) >= 11 is 18.6. The molecule has 0 aliphatic heterocycles. The van der Waals surface area contributed by atoms with E-state index in [1.807, 2.05) is 6.07 Å². The van der Waals surface area contributed by atoms with Gasteiger partial charge in [-0.2, -0.15) is 11.8 Å². The summed E-state index contributed by atoms with van der Waals surface area (Å²) in [7, 11) is 0. The summed E-state index contributed by atoms with van der Waals surface area (Å²) in [5.74, 6) is 0.108. The number of hydrogen-bond acceptors (Lipinski definition) is 2. The van der Waals surface area contributed by atoms with Gasteiger partial charge in [-0.1, -0.05) is 35.3 Å². The van der Waals surface area contributed by atoms with Crippen LogP contribution in [0.15, 0.2) is 36.4 Å². The number of nitrogens with one attached hydrogen (secondary N) is 2. The summed E-state index contributed by atoms with van der Waals surface area (Å²) < 4.78 is 27.0. The van der Waals surface area contributed by atoms with E-state index in [0.29, 0.717) is 16.6 Å². The molecule has 0 aromatic heterocycles. The molecule has 0 saturated heterocycles. The van der Waals surface area contributed by atoms with E-state index in [9.17, 15) is 8.78 Å². The minimum Gasteiger partial charge on any atom is -0.362 e. The van der Waals surface area contributed by atoms with Gasteiger partial charge in [0.25, 0.3) is 0 Å². The van der Waals surface area contributed by atoms with Crippen molar-refractivity contribution in [3.8, 4) is 0 Å². The van der Waals surface area contributed by atoms with Gasteiger partial charge >= 0.3 is 0 Å². The molecule has 128 valence electrons. The van der Waals surface area contributed by atoms with Crippen molar-refractivity contribution >= 4 is 58.0 Å². The van der Waals surface area contributed by atoms with Crippen LogP contribution in [0.5, 0.6) is 0 Å². The molecule has 0 radical (unpaired) electrons. The van der Waals surface area contributed by atoms with Gasteiger partial charge in [-0.05, 0) is 42.0 Å². The Balaban J connectivity index is 1.71. The highest BCUT2D eigenvalue weighted by Crippen LogP contribution is 2.24. The van der Waals surface area contributed by atoms with Crippen molar-refractivity contribution in [3.63, 3.8) is 0 Å². The van der Waals surface area contributed by atoms with Gasteiger partial charge in [0.1, 0.15) is 17.3 Å². The number of halogens is 4.